The Balaban J connectivity index is 2.45. The second kappa shape index (κ2) is 7.56. The number of nitrogens with one attached hydrogen (secondary N) is 2. The number of aliphatic carboxylic acids is 1. The molecule has 6 nitrogen and oxygen atoms in total. The van der Waals surface area contributed by atoms with Gasteiger partial charge in [0.05, 0.1) is 5.92 Å². The maximum Gasteiger partial charge on any atom is 0.308 e. The van der Waals surface area contributed by atoms with Gasteiger partial charge < -0.3 is 15.7 Å². The summed E-state index contributed by atoms with van der Waals surface area (Å²) in [6.45, 7) is 7.19. The van der Waals surface area contributed by atoms with Gasteiger partial charge in [0.15, 0.2) is 0 Å². The molecule has 106 valence electrons. The molecule has 0 aliphatic heterocycles. The summed E-state index contributed by atoms with van der Waals surface area (Å²) in [4.78, 5) is 18.9. The molecule has 0 amide bonds. The summed E-state index contributed by atoms with van der Waals surface area (Å²) in [5, 5.41) is 15.0. The van der Waals surface area contributed by atoms with Gasteiger partial charge in [-0.2, -0.15) is 0 Å². The van der Waals surface area contributed by atoms with Gasteiger partial charge in [-0.15, -0.1) is 0 Å². The van der Waals surface area contributed by atoms with Gasteiger partial charge in [0.1, 0.15) is 18.0 Å². The molecule has 1 rings (SSSR count). The molecule has 3 N–H and O–H groups in total. The first-order valence-corrected chi connectivity index (χ1v) is 6.51. The minimum Gasteiger partial charge on any atom is -0.481 e. The third-order valence-electron chi connectivity index (χ3n) is 2.71. The first-order valence-electron chi connectivity index (χ1n) is 6.51. The van der Waals surface area contributed by atoms with Gasteiger partial charge in [-0.1, -0.05) is 20.8 Å². The zero-order valence-electron chi connectivity index (χ0n) is 11.7. The smallest absolute Gasteiger partial charge is 0.308 e. The normalized spacial score (nSPS) is 12.2. The average Bonchev–Trinajstić information content (AvgIpc) is 2.36. The van der Waals surface area contributed by atoms with Gasteiger partial charge >= 0.3 is 5.97 Å². The molecule has 0 saturated heterocycles. The van der Waals surface area contributed by atoms with E-state index in [0.29, 0.717) is 18.3 Å². The molecule has 0 saturated carbocycles. The Morgan fingerprint density at radius 2 is 1.89 bits per heavy atom. The molecule has 1 aromatic heterocycles. The zero-order valence-corrected chi connectivity index (χ0v) is 11.7. The fraction of sp³-hybridized carbons (Fsp3) is 0.615. The van der Waals surface area contributed by atoms with Crippen molar-refractivity contribution >= 4 is 17.6 Å². The van der Waals surface area contributed by atoms with E-state index in [4.69, 9.17) is 5.11 Å². The van der Waals surface area contributed by atoms with E-state index in [9.17, 15) is 4.79 Å². The van der Waals surface area contributed by atoms with Crippen LogP contribution in [0.1, 0.15) is 27.2 Å². The van der Waals surface area contributed by atoms with Crippen LogP contribution in [0.3, 0.4) is 0 Å². The second-order valence-electron chi connectivity index (χ2n) is 5.02. The third kappa shape index (κ3) is 6.03. The lowest BCUT2D eigenvalue weighted by Gasteiger charge is -2.11. The Bertz CT molecular complexity index is 409. The zero-order chi connectivity index (χ0) is 14.3. The Hall–Kier alpha value is -1.85. The lowest BCUT2D eigenvalue weighted by molar-refractivity contribution is -0.140. The van der Waals surface area contributed by atoms with Crippen LogP contribution >= 0.6 is 0 Å². The molecule has 19 heavy (non-hydrogen) atoms. The molecule has 0 radical (unpaired) electrons. The molecular weight excluding hydrogens is 244 g/mol. The van der Waals surface area contributed by atoms with Crippen molar-refractivity contribution in [2.45, 2.75) is 27.2 Å². The van der Waals surface area contributed by atoms with Crippen LogP contribution in [0.15, 0.2) is 12.4 Å². The highest BCUT2D eigenvalue weighted by atomic mass is 16.4. The molecule has 6 heteroatoms. The first-order chi connectivity index (χ1) is 8.99. The van der Waals surface area contributed by atoms with Crippen LogP contribution in [0.5, 0.6) is 0 Å². The molecule has 1 unspecified atom stereocenters. The number of hydrogen-bond acceptors (Lipinski definition) is 5. The first kappa shape index (κ1) is 15.2. The van der Waals surface area contributed by atoms with Crippen LogP contribution in [0, 0.1) is 11.8 Å². The summed E-state index contributed by atoms with van der Waals surface area (Å²) < 4.78 is 0. The number of carbonyl (C=O) groups is 1. The fourth-order valence-corrected chi connectivity index (χ4v) is 1.38. The van der Waals surface area contributed by atoms with E-state index in [2.05, 4.69) is 34.4 Å². The summed E-state index contributed by atoms with van der Waals surface area (Å²) in [6, 6.07) is 1.79. The molecule has 0 fully saturated rings. The average molecular weight is 266 g/mol. The molecule has 0 aliphatic carbocycles. The number of nitrogens with zero attached hydrogens (tertiary/aromatic N) is 2. The molecule has 0 bridgehead atoms. The van der Waals surface area contributed by atoms with Crippen molar-refractivity contribution in [3.8, 4) is 0 Å². The number of hydrogen-bond donors (Lipinski definition) is 3. The highest BCUT2D eigenvalue weighted by molar-refractivity contribution is 5.70. The van der Waals surface area contributed by atoms with E-state index < -0.39 is 11.9 Å². The van der Waals surface area contributed by atoms with Crippen molar-refractivity contribution < 1.29 is 9.90 Å². The number of rotatable bonds is 8. The van der Waals surface area contributed by atoms with Crippen LogP contribution in [-0.2, 0) is 4.79 Å². The van der Waals surface area contributed by atoms with Crippen LogP contribution < -0.4 is 10.6 Å². The summed E-state index contributed by atoms with van der Waals surface area (Å²) in [7, 11) is 0. The molecule has 0 aromatic carbocycles. The Labute approximate surface area is 113 Å². The summed E-state index contributed by atoms with van der Waals surface area (Å²) in [6.07, 6.45) is 2.54. The SMILES string of the molecule is CC(C)CCNc1cc(NCC(C)C(=O)O)ncn1. The van der Waals surface area contributed by atoms with Gasteiger partial charge in [0.25, 0.3) is 0 Å². The monoisotopic (exact) mass is 266 g/mol. The second-order valence-corrected chi connectivity index (χ2v) is 5.02. The van der Waals surface area contributed by atoms with Crippen LogP contribution in [-0.4, -0.2) is 34.1 Å². The summed E-state index contributed by atoms with van der Waals surface area (Å²) in [5.74, 6) is 0.753. The van der Waals surface area contributed by atoms with Crippen molar-refractivity contribution in [1.29, 1.82) is 0 Å². The Morgan fingerprint density at radius 3 is 2.47 bits per heavy atom. The Kier molecular flexibility index (Phi) is 6.05. The molecular formula is C13H22N4O2. The van der Waals surface area contributed by atoms with E-state index in [1.54, 1.807) is 13.0 Å². The predicted molar refractivity (Wildman–Crippen MR) is 75.3 cm³/mol. The van der Waals surface area contributed by atoms with Crippen LogP contribution in [0.2, 0.25) is 0 Å². The van der Waals surface area contributed by atoms with E-state index in [0.717, 1.165) is 18.8 Å². The number of carboxylic acid groups (broad SMARTS) is 1. The largest absolute Gasteiger partial charge is 0.481 e. The Morgan fingerprint density at radius 1 is 1.26 bits per heavy atom. The molecule has 1 atom stereocenters. The minimum atomic E-state index is -0.822. The van der Waals surface area contributed by atoms with Crippen molar-refractivity contribution in [1.82, 2.24) is 9.97 Å². The molecule has 1 heterocycles. The van der Waals surface area contributed by atoms with Gasteiger partial charge in [-0.05, 0) is 12.3 Å². The van der Waals surface area contributed by atoms with E-state index in [1.807, 2.05) is 0 Å². The topological polar surface area (TPSA) is 87.1 Å². The van der Waals surface area contributed by atoms with Crippen molar-refractivity contribution in [3.05, 3.63) is 12.4 Å². The number of aromatic nitrogens is 2. The quantitative estimate of drug-likeness (QED) is 0.667. The predicted octanol–water partition coefficient (Wildman–Crippen LogP) is 2.07. The van der Waals surface area contributed by atoms with Crippen LogP contribution in [0.25, 0.3) is 0 Å². The van der Waals surface area contributed by atoms with Gasteiger partial charge in [-0.25, -0.2) is 9.97 Å². The summed E-state index contributed by atoms with van der Waals surface area (Å²) in [5.41, 5.74) is 0. The van der Waals surface area contributed by atoms with E-state index in [1.165, 1.54) is 6.33 Å². The molecule has 0 spiro atoms. The van der Waals surface area contributed by atoms with Gasteiger partial charge in [-0.3, -0.25) is 4.79 Å². The van der Waals surface area contributed by atoms with Crippen molar-refractivity contribution in [3.63, 3.8) is 0 Å². The lowest BCUT2D eigenvalue weighted by atomic mass is 10.1. The van der Waals surface area contributed by atoms with Gasteiger partial charge in [0, 0.05) is 19.2 Å². The van der Waals surface area contributed by atoms with E-state index >= 15 is 0 Å². The molecule has 1 aromatic rings. The highest BCUT2D eigenvalue weighted by Crippen LogP contribution is 2.10. The fourth-order valence-electron chi connectivity index (χ4n) is 1.38. The van der Waals surface area contributed by atoms with Crippen molar-refractivity contribution in [2.24, 2.45) is 11.8 Å². The molecule has 0 aliphatic rings. The minimum absolute atomic E-state index is 0.345. The highest BCUT2D eigenvalue weighted by Gasteiger charge is 2.10. The number of carboxylic acids is 1. The van der Waals surface area contributed by atoms with Gasteiger partial charge in [0.2, 0.25) is 0 Å². The van der Waals surface area contributed by atoms with Crippen LogP contribution in [0.4, 0.5) is 11.6 Å². The maximum absolute atomic E-state index is 10.7. The third-order valence-corrected chi connectivity index (χ3v) is 2.71. The maximum atomic E-state index is 10.7. The standard InChI is InChI=1S/C13H22N4O2/c1-9(2)4-5-14-11-6-12(17-8-16-11)15-7-10(3)13(18)19/h6,8-10H,4-5,7H2,1-3H3,(H,18,19)(H2,14,15,16,17). The number of anilines is 2. The van der Waals surface area contributed by atoms with E-state index in [-0.39, 0.29) is 0 Å². The summed E-state index contributed by atoms with van der Waals surface area (Å²) >= 11 is 0. The van der Waals surface area contributed by atoms with Crippen molar-refractivity contribution in [2.75, 3.05) is 23.7 Å². The lowest BCUT2D eigenvalue weighted by Crippen LogP contribution is -2.20.